The van der Waals surface area contributed by atoms with Crippen LogP contribution in [0.3, 0.4) is 0 Å². The Labute approximate surface area is 325 Å². The number of fused-ring (bicyclic) bond motifs is 3. The first kappa shape index (κ1) is 38.6. The number of aliphatic hydroxyl groups excluding tert-OH is 2. The van der Waals surface area contributed by atoms with Crippen LogP contribution >= 0.6 is 11.8 Å². The van der Waals surface area contributed by atoms with Crippen LogP contribution in [-0.4, -0.2) is 56.8 Å². The molecule has 11 heteroatoms. The molecular weight excluding hydrogens is 717 g/mol. The topological polar surface area (TPSA) is 144 Å². The third-order valence-electron chi connectivity index (χ3n) is 11.2. The molecule has 288 valence electrons. The first-order valence-corrected chi connectivity index (χ1v) is 20.0. The Morgan fingerprint density at radius 3 is 2.47 bits per heavy atom. The number of thioether (sulfide) groups is 1. The number of nitro benzene ring substituents is 1. The molecular formula is C44H48N2O8S. The van der Waals surface area contributed by atoms with Crippen molar-refractivity contribution in [3.05, 3.63) is 130 Å². The second-order valence-corrected chi connectivity index (χ2v) is 15.9. The van der Waals surface area contributed by atoms with Gasteiger partial charge in [-0.25, -0.2) is 0 Å². The fourth-order valence-electron chi connectivity index (χ4n) is 8.74. The molecule has 1 fully saturated rings. The van der Waals surface area contributed by atoms with Crippen molar-refractivity contribution in [2.24, 2.45) is 22.9 Å². The average molecular weight is 765 g/mol. The summed E-state index contributed by atoms with van der Waals surface area (Å²) in [5.74, 6) is -0.597. The third-order valence-corrected chi connectivity index (χ3v) is 12.5. The molecule has 0 spiro atoms. The summed E-state index contributed by atoms with van der Waals surface area (Å²) in [5.41, 5.74) is 3.44. The van der Waals surface area contributed by atoms with E-state index in [4.69, 9.17) is 19.5 Å². The Balaban J connectivity index is 1.37. The van der Waals surface area contributed by atoms with Crippen molar-refractivity contribution in [3.63, 3.8) is 0 Å². The van der Waals surface area contributed by atoms with E-state index in [1.54, 1.807) is 36.0 Å². The van der Waals surface area contributed by atoms with Gasteiger partial charge in [-0.2, -0.15) is 0 Å². The standard InChI is InChI=1S/C44H48N2O8S/c1-2-23-52-44-41(55-35-19-15-30-9-3-4-10-31(30)24-35)27-39(45-53-28-29-13-16-33(17-14-29)46(50)51)37-25-32(11-5-7-21-47)36(12-6-8-22-48)42(43(37)44)38-26-34(49)18-20-40(38)54-44/h2-4,9-10,13-20,24-26,32,36,41-43,47-49H,1,5-8,11-12,21-23,27-28H2/t32-,36+,41-,42+,43+,44+/m0/s1. The molecule has 1 aliphatic heterocycles. The number of oxime groups is 1. The molecule has 1 saturated carbocycles. The first-order chi connectivity index (χ1) is 26.8. The highest BCUT2D eigenvalue weighted by atomic mass is 32.2. The molecule has 10 nitrogen and oxygen atoms in total. The molecule has 3 N–H and O–H groups in total. The second kappa shape index (κ2) is 17.4. The van der Waals surface area contributed by atoms with Crippen molar-refractivity contribution in [1.82, 2.24) is 0 Å². The Hall–Kier alpha value is -4.68. The number of nitro groups is 1. The highest BCUT2D eigenvalue weighted by Gasteiger charge is 2.64. The second-order valence-electron chi connectivity index (χ2n) is 14.6. The lowest BCUT2D eigenvalue weighted by atomic mass is 9.56. The van der Waals surface area contributed by atoms with Crippen LogP contribution in [0.25, 0.3) is 10.8 Å². The summed E-state index contributed by atoms with van der Waals surface area (Å²) in [4.78, 5) is 18.0. The van der Waals surface area contributed by atoms with E-state index in [1.807, 2.05) is 24.3 Å². The van der Waals surface area contributed by atoms with Crippen molar-refractivity contribution in [3.8, 4) is 11.5 Å². The van der Waals surface area contributed by atoms with Crippen LogP contribution in [-0.2, 0) is 16.2 Å². The zero-order chi connectivity index (χ0) is 38.4. The monoisotopic (exact) mass is 764 g/mol. The molecule has 0 bridgehead atoms. The van der Waals surface area contributed by atoms with Crippen LogP contribution in [0.4, 0.5) is 5.69 Å². The van der Waals surface area contributed by atoms with Crippen LogP contribution in [0.15, 0.2) is 119 Å². The maximum absolute atomic E-state index is 11.3. The Morgan fingerprint density at radius 2 is 1.73 bits per heavy atom. The lowest BCUT2D eigenvalue weighted by Gasteiger charge is -2.58. The van der Waals surface area contributed by atoms with Gasteiger partial charge in [0.2, 0.25) is 5.79 Å². The number of rotatable bonds is 17. The molecule has 7 rings (SSSR count). The van der Waals surface area contributed by atoms with Gasteiger partial charge in [0.15, 0.2) is 0 Å². The van der Waals surface area contributed by atoms with Crippen LogP contribution in [0.2, 0.25) is 0 Å². The summed E-state index contributed by atoms with van der Waals surface area (Å²) in [5, 5.41) is 48.6. The number of aromatic hydroxyl groups is 1. The largest absolute Gasteiger partial charge is 0.508 e. The Morgan fingerprint density at radius 1 is 0.964 bits per heavy atom. The molecule has 2 aliphatic carbocycles. The molecule has 55 heavy (non-hydrogen) atoms. The zero-order valence-corrected chi connectivity index (χ0v) is 31.6. The van der Waals surface area contributed by atoms with E-state index in [-0.39, 0.29) is 66.8 Å². The van der Waals surface area contributed by atoms with Gasteiger partial charge in [0.05, 0.1) is 28.4 Å². The number of hydrogen-bond acceptors (Lipinski definition) is 10. The Bertz CT molecular complexity index is 2050. The molecule has 3 aliphatic rings. The number of nitrogens with zero attached hydrogens (tertiary/aromatic N) is 2. The zero-order valence-electron chi connectivity index (χ0n) is 30.8. The summed E-state index contributed by atoms with van der Waals surface area (Å²) in [7, 11) is 0. The molecule has 0 radical (unpaired) electrons. The van der Waals surface area contributed by atoms with E-state index >= 15 is 0 Å². The van der Waals surface area contributed by atoms with Gasteiger partial charge in [0.25, 0.3) is 5.69 Å². The van der Waals surface area contributed by atoms with Crippen LogP contribution < -0.4 is 4.74 Å². The van der Waals surface area contributed by atoms with Crippen molar-refractivity contribution in [2.45, 2.75) is 73.4 Å². The fraction of sp³-hybridized carbons (Fsp3) is 0.386. The molecule has 0 aromatic heterocycles. The van der Waals surface area contributed by atoms with Gasteiger partial charge in [-0.05, 0) is 102 Å². The number of aliphatic hydroxyl groups is 2. The summed E-state index contributed by atoms with van der Waals surface area (Å²) in [6.07, 6.45) is 9.25. The first-order valence-electron chi connectivity index (χ1n) is 19.1. The van der Waals surface area contributed by atoms with Gasteiger partial charge in [-0.3, -0.25) is 10.1 Å². The van der Waals surface area contributed by atoms with Crippen LogP contribution in [0, 0.1) is 27.9 Å². The van der Waals surface area contributed by atoms with Gasteiger partial charge in [0, 0.05) is 48.1 Å². The molecule has 0 unspecified atom stereocenters. The van der Waals surface area contributed by atoms with Gasteiger partial charge in [-0.15, -0.1) is 18.3 Å². The number of non-ortho nitro benzene ring substituents is 1. The molecule has 6 atom stereocenters. The van der Waals surface area contributed by atoms with Crippen molar-refractivity contribution in [2.75, 3.05) is 19.8 Å². The van der Waals surface area contributed by atoms with E-state index in [9.17, 15) is 25.4 Å². The van der Waals surface area contributed by atoms with Crippen LogP contribution in [0.5, 0.6) is 11.5 Å². The molecule has 1 heterocycles. The number of phenols is 1. The number of hydrogen-bond donors (Lipinski definition) is 3. The maximum Gasteiger partial charge on any atom is 0.269 e. The van der Waals surface area contributed by atoms with E-state index in [1.165, 1.54) is 12.1 Å². The highest BCUT2D eigenvalue weighted by molar-refractivity contribution is 8.00. The Kier molecular flexibility index (Phi) is 12.2. The SMILES string of the molecule is C=CCO[C@@]12Oc3ccc(O)cc3[C@H]3[C@H](CCCCO)[C@@H](CCCCO)C=C(C(=NOCc4ccc([N+](=O)[O-])cc4)C[C@@H]1Sc1ccc4ccccc4c1)[C@H]32. The fourth-order valence-corrected chi connectivity index (χ4v) is 10.1. The summed E-state index contributed by atoms with van der Waals surface area (Å²) in [6, 6.07) is 26.3. The number of allylic oxidation sites excluding steroid dienone is 1. The maximum atomic E-state index is 11.3. The number of benzene rings is 4. The van der Waals surface area contributed by atoms with Crippen molar-refractivity contribution < 1.29 is 34.6 Å². The summed E-state index contributed by atoms with van der Waals surface area (Å²) < 4.78 is 14.2. The van der Waals surface area contributed by atoms with Gasteiger partial charge in [-0.1, -0.05) is 60.5 Å². The predicted octanol–water partition coefficient (Wildman–Crippen LogP) is 9.08. The summed E-state index contributed by atoms with van der Waals surface area (Å²) in [6.45, 7) is 4.60. The average Bonchev–Trinajstić information content (AvgIpc) is 3.19. The predicted molar refractivity (Wildman–Crippen MR) is 214 cm³/mol. The van der Waals surface area contributed by atoms with E-state index in [2.05, 4.69) is 43.0 Å². The summed E-state index contributed by atoms with van der Waals surface area (Å²) >= 11 is 1.69. The number of phenolic OH excluding ortho intramolecular Hbond substituents is 1. The van der Waals surface area contributed by atoms with Crippen molar-refractivity contribution >= 4 is 33.9 Å². The minimum atomic E-state index is -1.16. The molecule has 0 saturated heterocycles. The smallest absolute Gasteiger partial charge is 0.269 e. The molecule has 4 aromatic carbocycles. The molecule has 4 aromatic rings. The minimum absolute atomic E-state index is 0.00886. The van der Waals surface area contributed by atoms with Gasteiger partial charge < -0.3 is 29.6 Å². The van der Waals surface area contributed by atoms with E-state index in [0.717, 1.165) is 63.8 Å². The van der Waals surface area contributed by atoms with Gasteiger partial charge in [0.1, 0.15) is 18.1 Å². The van der Waals surface area contributed by atoms with Crippen molar-refractivity contribution in [1.29, 1.82) is 0 Å². The highest BCUT2D eigenvalue weighted by Crippen LogP contribution is 2.63. The lowest BCUT2D eigenvalue weighted by molar-refractivity contribution is -0.384. The quantitative estimate of drug-likeness (QED) is 0.0415. The van der Waals surface area contributed by atoms with Gasteiger partial charge >= 0.3 is 0 Å². The molecule has 0 amide bonds. The third kappa shape index (κ3) is 8.16. The number of ether oxygens (including phenoxy) is 2. The normalized spacial score (nSPS) is 24.7. The number of unbranched alkanes of at least 4 members (excludes halogenated alkanes) is 2. The van der Waals surface area contributed by atoms with E-state index in [0.29, 0.717) is 25.0 Å². The van der Waals surface area contributed by atoms with E-state index < -0.39 is 10.7 Å². The lowest BCUT2D eigenvalue weighted by Crippen LogP contribution is -2.64. The minimum Gasteiger partial charge on any atom is -0.508 e. The van der Waals surface area contributed by atoms with Crippen LogP contribution in [0.1, 0.15) is 62.0 Å².